The molecule has 1 fully saturated rings. The van der Waals surface area contributed by atoms with Crippen molar-refractivity contribution in [1.82, 2.24) is 9.80 Å². The smallest absolute Gasteiger partial charge is 0.238 e. The predicted molar refractivity (Wildman–Crippen MR) is 228 cm³/mol. The van der Waals surface area contributed by atoms with E-state index in [9.17, 15) is 13.6 Å². The number of benzene rings is 5. The summed E-state index contributed by atoms with van der Waals surface area (Å²) in [5, 5.41) is 0. The number of hydrogen-bond donors (Lipinski definition) is 0. The Morgan fingerprint density at radius 2 is 1.21 bits per heavy atom. The van der Waals surface area contributed by atoms with Crippen molar-refractivity contribution < 1.29 is 18.3 Å². The van der Waals surface area contributed by atoms with Crippen molar-refractivity contribution in [3.63, 3.8) is 0 Å². The fourth-order valence-corrected chi connectivity index (χ4v) is 8.49. The maximum absolute atomic E-state index is 14.4. The van der Waals surface area contributed by atoms with Gasteiger partial charge in [0.05, 0.1) is 12.0 Å². The summed E-state index contributed by atoms with van der Waals surface area (Å²) in [5.74, 6) is 0.515. The number of unbranched alkanes of at least 4 members (excludes halogenated alkanes) is 1. The van der Waals surface area contributed by atoms with Gasteiger partial charge in [0, 0.05) is 50.4 Å². The van der Waals surface area contributed by atoms with Gasteiger partial charge >= 0.3 is 0 Å². The van der Waals surface area contributed by atoms with Crippen molar-refractivity contribution in [1.29, 1.82) is 0 Å². The van der Waals surface area contributed by atoms with E-state index in [1.165, 1.54) is 29.8 Å². The van der Waals surface area contributed by atoms with Crippen LogP contribution in [-0.4, -0.2) is 68.6 Å². The lowest BCUT2D eigenvalue weighted by Gasteiger charge is -2.42. The molecule has 0 radical (unpaired) electrons. The first-order valence-electron chi connectivity index (χ1n) is 19.5. The minimum Gasteiger partial charge on any atom is -0.493 e. The first-order valence-corrected chi connectivity index (χ1v) is 19.5. The van der Waals surface area contributed by atoms with Gasteiger partial charge in [-0.15, -0.1) is 24.8 Å². The van der Waals surface area contributed by atoms with Crippen LogP contribution in [0, 0.1) is 11.6 Å². The Balaban J connectivity index is 0.00000300. The molecule has 2 heterocycles. The lowest BCUT2D eigenvalue weighted by atomic mass is 9.68. The highest BCUT2D eigenvalue weighted by atomic mass is 35.5. The molecule has 5 aromatic rings. The van der Waals surface area contributed by atoms with E-state index in [0.717, 1.165) is 98.6 Å². The summed E-state index contributed by atoms with van der Waals surface area (Å²) in [6, 6.07) is 40.1. The number of piperazine rings is 1. The van der Waals surface area contributed by atoms with Crippen LogP contribution in [0.2, 0.25) is 0 Å². The molecule has 1 unspecified atom stereocenters. The molecular weight excluding hydrogens is 747 g/mol. The molecule has 0 saturated carbocycles. The second kappa shape index (κ2) is 20.2. The summed E-state index contributed by atoms with van der Waals surface area (Å²) in [7, 11) is 1.89. The molecule has 1 amide bonds. The summed E-state index contributed by atoms with van der Waals surface area (Å²) in [6.07, 6.45) is 5.14. The molecule has 0 aromatic heterocycles. The van der Waals surface area contributed by atoms with E-state index in [4.69, 9.17) is 4.74 Å². The third kappa shape index (κ3) is 10.2. The van der Waals surface area contributed by atoms with Gasteiger partial charge in [-0.3, -0.25) is 4.79 Å². The summed E-state index contributed by atoms with van der Waals surface area (Å²) >= 11 is 0. The first kappa shape index (κ1) is 42.9. The molecule has 2 aliphatic heterocycles. The molecule has 296 valence electrons. The van der Waals surface area contributed by atoms with E-state index < -0.39 is 5.41 Å². The Morgan fingerprint density at radius 3 is 1.86 bits per heavy atom. The van der Waals surface area contributed by atoms with E-state index >= 15 is 0 Å². The summed E-state index contributed by atoms with van der Waals surface area (Å²) in [6.45, 7) is 6.81. The maximum Gasteiger partial charge on any atom is 0.238 e. The van der Waals surface area contributed by atoms with Crippen molar-refractivity contribution in [3.8, 4) is 5.75 Å². The molecule has 7 rings (SSSR count). The van der Waals surface area contributed by atoms with Crippen LogP contribution >= 0.6 is 24.8 Å². The number of carbonyl (C=O) groups excluding carboxylic acids is 1. The minimum atomic E-state index is -0.774. The molecule has 1 saturated heterocycles. The van der Waals surface area contributed by atoms with Gasteiger partial charge in [-0.05, 0) is 110 Å². The topological polar surface area (TPSA) is 36.0 Å². The number of anilines is 1. The van der Waals surface area contributed by atoms with Crippen molar-refractivity contribution in [2.75, 3.05) is 57.8 Å². The third-order valence-electron chi connectivity index (χ3n) is 11.4. The van der Waals surface area contributed by atoms with E-state index in [1.807, 2.05) is 84.7 Å². The zero-order chi connectivity index (χ0) is 37.3. The lowest BCUT2D eigenvalue weighted by molar-refractivity contribution is -0.124. The average Bonchev–Trinajstić information content (AvgIpc) is 3.20. The van der Waals surface area contributed by atoms with Crippen molar-refractivity contribution >= 4 is 36.4 Å². The normalized spacial score (nSPS) is 17.2. The molecule has 9 heteroatoms. The molecule has 5 nitrogen and oxygen atoms in total. The first-order chi connectivity index (χ1) is 26.4. The Kier molecular flexibility index (Phi) is 15.5. The molecule has 0 N–H and O–H groups in total. The van der Waals surface area contributed by atoms with Crippen LogP contribution < -0.4 is 9.64 Å². The van der Waals surface area contributed by atoms with Crippen LogP contribution in [0.1, 0.15) is 59.4 Å². The van der Waals surface area contributed by atoms with E-state index in [2.05, 4.69) is 40.1 Å². The van der Waals surface area contributed by atoms with Gasteiger partial charge in [0.15, 0.2) is 0 Å². The number of ether oxygens (including phenoxy) is 1. The zero-order valence-corrected chi connectivity index (χ0v) is 33.8. The fraction of sp³-hybridized carbons (Fsp3) is 0.340. The highest BCUT2D eigenvalue weighted by Crippen LogP contribution is 2.45. The summed E-state index contributed by atoms with van der Waals surface area (Å²) in [5.41, 5.74) is 5.59. The molecule has 0 bridgehead atoms. The standard InChI is InChI=1S/C47H51F2N3O2.2ClH/c1-50-44-17-7-5-14-39(44)35-47(46(50)53,34-36-12-3-2-4-13-36)43-16-6-8-18-45(43)54-33-10-9-27-51-29-31-52(32-30-51)28-11-15-42(37-19-23-40(48)24-20-37)38-21-25-41(49)26-22-38;;/h2-8,12-14,16-26,42H,9-11,15,27-35H2,1H3;2*1H. The number of rotatable bonds is 15. The number of carbonyl (C=O) groups is 1. The number of fused-ring (bicyclic) bond motifs is 1. The Hall–Kier alpha value is -4.27. The van der Waals surface area contributed by atoms with Crippen molar-refractivity contribution in [3.05, 3.63) is 167 Å². The molecule has 1 atom stereocenters. The molecule has 2 aliphatic rings. The van der Waals surface area contributed by atoms with Crippen LogP contribution in [0.25, 0.3) is 0 Å². The van der Waals surface area contributed by atoms with Crippen LogP contribution in [0.15, 0.2) is 127 Å². The largest absolute Gasteiger partial charge is 0.493 e. The third-order valence-corrected chi connectivity index (χ3v) is 11.4. The van der Waals surface area contributed by atoms with Gasteiger partial charge in [-0.25, -0.2) is 8.78 Å². The summed E-state index contributed by atoms with van der Waals surface area (Å²) < 4.78 is 33.8. The highest BCUT2D eigenvalue weighted by Gasteiger charge is 2.48. The highest BCUT2D eigenvalue weighted by molar-refractivity contribution is 6.04. The number of amides is 1. The van der Waals surface area contributed by atoms with E-state index in [0.29, 0.717) is 19.4 Å². The minimum absolute atomic E-state index is 0. The van der Waals surface area contributed by atoms with Gasteiger partial charge in [0.25, 0.3) is 0 Å². The maximum atomic E-state index is 14.4. The Bertz CT molecular complexity index is 1930. The molecule has 56 heavy (non-hydrogen) atoms. The predicted octanol–water partition coefficient (Wildman–Crippen LogP) is 9.90. The number of hydrogen-bond acceptors (Lipinski definition) is 4. The second-order valence-electron chi connectivity index (χ2n) is 14.9. The number of halogens is 4. The Morgan fingerprint density at radius 1 is 0.661 bits per heavy atom. The van der Waals surface area contributed by atoms with E-state index in [-0.39, 0.29) is 48.3 Å². The van der Waals surface area contributed by atoms with Crippen molar-refractivity contribution in [2.45, 2.75) is 49.9 Å². The zero-order valence-electron chi connectivity index (χ0n) is 32.1. The van der Waals surface area contributed by atoms with Crippen molar-refractivity contribution in [2.24, 2.45) is 0 Å². The van der Waals surface area contributed by atoms with Crippen LogP contribution in [0.4, 0.5) is 14.5 Å². The van der Waals surface area contributed by atoms with E-state index in [1.54, 1.807) is 0 Å². The van der Waals surface area contributed by atoms with Gasteiger partial charge in [-0.1, -0.05) is 91.0 Å². The molecule has 0 spiro atoms. The molecule has 5 aromatic carbocycles. The summed E-state index contributed by atoms with van der Waals surface area (Å²) in [4.78, 5) is 21.3. The number of para-hydroxylation sites is 2. The fourth-order valence-electron chi connectivity index (χ4n) is 8.49. The SMILES string of the molecule is CN1C(=O)C(Cc2ccccc2)(c2ccccc2OCCCCN2CCN(CCCC(c3ccc(F)cc3)c3ccc(F)cc3)CC2)Cc2ccccc21.Cl.Cl. The van der Waals surface area contributed by atoms with Crippen LogP contribution in [-0.2, 0) is 23.1 Å². The number of nitrogens with zero attached hydrogens (tertiary/aromatic N) is 3. The van der Waals surface area contributed by atoms with Crippen LogP contribution in [0.5, 0.6) is 5.75 Å². The van der Waals surface area contributed by atoms with Gasteiger partial charge in [-0.2, -0.15) is 0 Å². The van der Waals surface area contributed by atoms with Gasteiger partial charge in [0.2, 0.25) is 5.91 Å². The lowest BCUT2D eigenvalue weighted by Crippen LogP contribution is -2.52. The van der Waals surface area contributed by atoms with Gasteiger partial charge in [0.1, 0.15) is 17.4 Å². The van der Waals surface area contributed by atoms with Gasteiger partial charge < -0.3 is 19.4 Å². The monoisotopic (exact) mass is 799 g/mol. The number of likely N-dealkylation sites (N-methyl/N-ethyl adjacent to an activating group) is 1. The van der Waals surface area contributed by atoms with Crippen LogP contribution in [0.3, 0.4) is 0 Å². The average molecular weight is 801 g/mol. The second-order valence-corrected chi connectivity index (χ2v) is 14.9. The quantitative estimate of drug-likeness (QED) is 0.0989. The molecule has 0 aliphatic carbocycles. The Labute approximate surface area is 343 Å². The molecular formula is C47H53Cl2F2N3O2.